The van der Waals surface area contributed by atoms with E-state index in [-0.39, 0.29) is 11.4 Å². The number of amides is 1. The number of carbonyl (C=O) groups is 1. The fourth-order valence-corrected chi connectivity index (χ4v) is 3.39. The van der Waals surface area contributed by atoms with Gasteiger partial charge in [0.15, 0.2) is 9.84 Å². The van der Waals surface area contributed by atoms with Gasteiger partial charge in [0.25, 0.3) is 0 Å². The molecule has 1 fully saturated rings. The van der Waals surface area contributed by atoms with Crippen molar-refractivity contribution in [2.75, 3.05) is 34.8 Å². The predicted molar refractivity (Wildman–Crippen MR) is 90.5 cm³/mol. The average Bonchev–Trinajstić information content (AvgIpc) is 2.54. The van der Waals surface area contributed by atoms with Crippen molar-refractivity contribution >= 4 is 27.1 Å². The summed E-state index contributed by atoms with van der Waals surface area (Å²) < 4.78 is 62.1. The first kappa shape index (κ1) is 19.6. The highest BCUT2D eigenvalue weighted by atomic mass is 32.2. The molecule has 1 N–H and O–H groups in total. The molecule has 1 heterocycles. The molecule has 1 saturated heterocycles. The van der Waals surface area contributed by atoms with Gasteiger partial charge in [-0.05, 0) is 37.5 Å². The molecule has 0 spiro atoms. The number of rotatable bonds is 5. The van der Waals surface area contributed by atoms with Crippen molar-refractivity contribution in [3.05, 3.63) is 23.8 Å². The molecule has 0 aliphatic carbocycles. The third-order valence-electron chi connectivity index (χ3n) is 4.09. The molecule has 0 radical (unpaired) electrons. The number of benzene rings is 1. The molecule has 1 amide bonds. The maximum absolute atomic E-state index is 13.0. The van der Waals surface area contributed by atoms with Crippen LogP contribution in [0.3, 0.4) is 0 Å². The minimum Gasteiger partial charge on any atom is -0.370 e. The molecule has 0 bridgehead atoms. The number of alkyl halides is 3. The summed E-state index contributed by atoms with van der Waals surface area (Å²) in [6, 6.07) is 3.17. The Morgan fingerprint density at radius 3 is 2.40 bits per heavy atom. The van der Waals surface area contributed by atoms with E-state index in [9.17, 15) is 26.4 Å². The smallest absolute Gasteiger partial charge is 0.370 e. The lowest BCUT2D eigenvalue weighted by Crippen LogP contribution is -2.31. The van der Waals surface area contributed by atoms with Crippen LogP contribution in [-0.2, 0) is 20.8 Å². The molecule has 1 aromatic rings. The number of nitrogens with one attached hydrogen (secondary N) is 1. The minimum atomic E-state index is -4.55. The van der Waals surface area contributed by atoms with Crippen molar-refractivity contribution in [1.29, 1.82) is 0 Å². The molecule has 9 heteroatoms. The maximum Gasteiger partial charge on any atom is 0.416 e. The van der Waals surface area contributed by atoms with Crippen LogP contribution in [0.25, 0.3) is 0 Å². The van der Waals surface area contributed by atoms with E-state index in [4.69, 9.17) is 0 Å². The first-order valence-corrected chi connectivity index (χ1v) is 9.91. The van der Waals surface area contributed by atoms with E-state index >= 15 is 0 Å². The second-order valence-corrected chi connectivity index (χ2v) is 8.36. The Balaban J connectivity index is 2.32. The molecule has 5 nitrogen and oxygen atoms in total. The van der Waals surface area contributed by atoms with Gasteiger partial charge in [-0.2, -0.15) is 13.2 Å². The average molecular weight is 378 g/mol. The van der Waals surface area contributed by atoms with Crippen LogP contribution >= 0.6 is 0 Å². The normalized spacial score (nSPS) is 15.9. The summed E-state index contributed by atoms with van der Waals surface area (Å²) >= 11 is 0. The molecular formula is C16H21F3N2O3S. The lowest BCUT2D eigenvalue weighted by molar-refractivity contribution is -0.137. The number of hydrogen-bond acceptors (Lipinski definition) is 4. The molecule has 1 aromatic carbocycles. The van der Waals surface area contributed by atoms with E-state index in [1.54, 1.807) is 0 Å². The zero-order valence-corrected chi connectivity index (χ0v) is 14.7. The van der Waals surface area contributed by atoms with E-state index in [0.717, 1.165) is 31.4 Å². The Kier molecular flexibility index (Phi) is 5.97. The lowest BCUT2D eigenvalue weighted by Gasteiger charge is -2.31. The van der Waals surface area contributed by atoms with Crippen molar-refractivity contribution < 1.29 is 26.4 Å². The zero-order chi connectivity index (χ0) is 18.7. The highest BCUT2D eigenvalue weighted by Crippen LogP contribution is 2.36. The quantitative estimate of drug-likeness (QED) is 0.855. The van der Waals surface area contributed by atoms with Gasteiger partial charge in [-0.15, -0.1) is 0 Å². The number of carbonyl (C=O) groups excluding carboxylic acids is 1. The van der Waals surface area contributed by atoms with E-state index in [1.165, 1.54) is 13.0 Å². The fraction of sp³-hybridized carbons (Fsp3) is 0.562. The lowest BCUT2D eigenvalue weighted by atomic mass is 10.1. The highest BCUT2D eigenvalue weighted by molar-refractivity contribution is 7.92. The molecule has 25 heavy (non-hydrogen) atoms. The number of nitrogens with zero attached hydrogens (tertiary/aromatic N) is 1. The molecule has 1 aliphatic rings. The van der Waals surface area contributed by atoms with Crippen LogP contribution in [0.1, 0.15) is 31.7 Å². The van der Waals surface area contributed by atoms with Gasteiger partial charge in [-0.3, -0.25) is 4.79 Å². The summed E-state index contributed by atoms with van der Waals surface area (Å²) in [5.74, 6) is -1.79. The van der Waals surface area contributed by atoms with Crippen LogP contribution in [0.5, 0.6) is 0 Å². The number of piperidine rings is 1. The minimum absolute atomic E-state index is 0.00646. The van der Waals surface area contributed by atoms with Crippen LogP contribution < -0.4 is 10.2 Å². The Bertz CT molecular complexity index is 727. The van der Waals surface area contributed by atoms with Crippen LogP contribution in [0.15, 0.2) is 18.2 Å². The van der Waals surface area contributed by atoms with Crippen molar-refractivity contribution in [3.8, 4) is 0 Å². The Hall–Kier alpha value is -1.77. The van der Waals surface area contributed by atoms with E-state index in [2.05, 4.69) is 5.32 Å². The summed E-state index contributed by atoms with van der Waals surface area (Å²) in [6.45, 7) is 2.77. The fourth-order valence-electron chi connectivity index (χ4n) is 2.71. The van der Waals surface area contributed by atoms with Gasteiger partial charge < -0.3 is 10.2 Å². The summed E-state index contributed by atoms with van der Waals surface area (Å²) in [4.78, 5) is 13.9. The summed E-state index contributed by atoms with van der Waals surface area (Å²) in [7, 11) is -3.56. The van der Waals surface area contributed by atoms with Crippen molar-refractivity contribution in [1.82, 2.24) is 0 Å². The standard InChI is InChI=1S/C16H21F3N2O3S/c1-2-25(23,24)11-15(22)20-13-10-12(16(17,18)19)6-7-14(13)21-8-4-3-5-9-21/h6-7,10H,2-5,8-9,11H2,1H3,(H,20,22). The predicted octanol–water partition coefficient (Wildman–Crippen LogP) is 3.07. The molecular weight excluding hydrogens is 357 g/mol. The van der Waals surface area contributed by atoms with Crippen molar-refractivity contribution in [3.63, 3.8) is 0 Å². The summed E-state index contributed by atoms with van der Waals surface area (Å²) in [5.41, 5.74) is -0.412. The Morgan fingerprint density at radius 2 is 1.84 bits per heavy atom. The SMILES string of the molecule is CCS(=O)(=O)CC(=O)Nc1cc(C(F)(F)F)ccc1N1CCCCC1. The van der Waals surface area contributed by atoms with Gasteiger partial charge in [-0.25, -0.2) is 8.42 Å². The molecule has 2 rings (SSSR count). The number of anilines is 2. The van der Waals surface area contributed by atoms with Crippen molar-refractivity contribution in [2.45, 2.75) is 32.4 Å². The zero-order valence-electron chi connectivity index (χ0n) is 13.9. The van der Waals surface area contributed by atoms with Crippen LogP contribution in [-0.4, -0.2) is 38.9 Å². The van der Waals surface area contributed by atoms with Crippen LogP contribution in [0.4, 0.5) is 24.5 Å². The molecule has 140 valence electrons. The number of hydrogen-bond donors (Lipinski definition) is 1. The Labute approximate surface area is 145 Å². The van der Waals surface area contributed by atoms with Gasteiger partial charge in [0.1, 0.15) is 5.75 Å². The maximum atomic E-state index is 13.0. The summed E-state index contributed by atoms with van der Waals surface area (Å²) in [6.07, 6.45) is -1.67. The first-order chi connectivity index (χ1) is 11.6. The van der Waals surface area contributed by atoms with Gasteiger partial charge >= 0.3 is 6.18 Å². The third kappa shape index (κ3) is 5.35. The third-order valence-corrected chi connectivity index (χ3v) is 5.67. The Morgan fingerprint density at radius 1 is 1.20 bits per heavy atom. The van der Waals surface area contributed by atoms with Crippen LogP contribution in [0, 0.1) is 0 Å². The first-order valence-electron chi connectivity index (χ1n) is 8.09. The monoisotopic (exact) mass is 378 g/mol. The summed E-state index contributed by atoms with van der Waals surface area (Å²) in [5, 5.41) is 2.35. The molecule has 0 aromatic heterocycles. The van der Waals surface area contributed by atoms with E-state index < -0.39 is 33.2 Å². The van der Waals surface area contributed by atoms with Crippen LogP contribution in [0.2, 0.25) is 0 Å². The topological polar surface area (TPSA) is 66.5 Å². The van der Waals surface area contributed by atoms with Crippen molar-refractivity contribution in [2.24, 2.45) is 0 Å². The highest BCUT2D eigenvalue weighted by Gasteiger charge is 2.32. The molecule has 0 unspecified atom stereocenters. The van der Waals surface area contributed by atoms with E-state index in [0.29, 0.717) is 18.8 Å². The molecule has 0 atom stereocenters. The van der Waals surface area contributed by atoms with Gasteiger partial charge in [0, 0.05) is 18.8 Å². The van der Waals surface area contributed by atoms with Gasteiger partial charge in [0.05, 0.1) is 16.9 Å². The van der Waals surface area contributed by atoms with Gasteiger partial charge in [-0.1, -0.05) is 6.92 Å². The van der Waals surface area contributed by atoms with Gasteiger partial charge in [0.2, 0.25) is 5.91 Å². The molecule has 1 aliphatic heterocycles. The molecule has 0 saturated carbocycles. The second kappa shape index (κ2) is 7.63. The largest absolute Gasteiger partial charge is 0.416 e. The number of halogens is 3. The number of sulfone groups is 1. The van der Waals surface area contributed by atoms with E-state index in [1.807, 2.05) is 4.90 Å². The second-order valence-electron chi connectivity index (χ2n) is 6.00.